The van der Waals surface area contributed by atoms with Gasteiger partial charge in [-0.15, -0.1) is 0 Å². The molecule has 5 heteroatoms. The Bertz CT molecular complexity index is 305. The molecular weight excluding hydrogens is 236 g/mol. The molecule has 18 heavy (non-hydrogen) atoms. The standard InChI is InChI=1S/C13H24O5/c1-11(2,3)13(17,12(4,5)6)8-18-10(16)7-9(14)15/h17H,7-8H2,1-6H3,(H,14,15). The van der Waals surface area contributed by atoms with E-state index in [1.807, 2.05) is 41.5 Å². The maximum absolute atomic E-state index is 11.2. The van der Waals surface area contributed by atoms with Crippen molar-refractivity contribution in [3.63, 3.8) is 0 Å². The van der Waals surface area contributed by atoms with Gasteiger partial charge in [-0.2, -0.15) is 0 Å². The van der Waals surface area contributed by atoms with E-state index in [1.165, 1.54) is 0 Å². The molecule has 0 heterocycles. The number of carboxylic acids is 1. The van der Waals surface area contributed by atoms with Crippen molar-refractivity contribution in [2.24, 2.45) is 10.8 Å². The molecule has 2 N–H and O–H groups in total. The number of carbonyl (C=O) groups excluding carboxylic acids is 1. The highest BCUT2D eigenvalue weighted by molar-refractivity contribution is 5.90. The van der Waals surface area contributed by atoms with Gasteiger partial charge in [0, 0.05) is 0 Å². The molecule has 0 aliphatic heterocycles. The van der Waals surface area contributed by atoms with Crippen LogP contribution in [0.15, 0.2) is 0 Å². The molecule has 0 aliphatic rings. The molecule has 0 fully saturated rings. The normalized spacial score (nSPS) is 13.3. The van der Waals surface area contributed by atoms with Crippen LogP contribution >= 0.6 is 0 Å². The number of esters is 1. The molecule has 5 nitrogen and oxygen atoms in total. The molecule has 0 rings (SSSR count). The quantitative estimate of drug-likeness (QED) is 0.595. The average molecular weight is 260 g/mol. The molecule has 0 saturated carbocycles. The largest absolute Gasteiger partial charge is 0.481 e. The van der Waals surface area contributed by atoms with Crippen molar-refractivity contribution < 1.29 is 24.5 Å². The fourth-order valence-corrected chi connectivity index (χ4v) is 1.92. The molecule has 106 valence electrons. The zero-order chi connectivity index (χ0) is 14.8. The zero-order valence-electron chi connectivity index (χ0n) is 12.0. The Kier molecular flexibility index (Phi) is 4.94. The van der Waals surface area contributed by atoms with Gasteiger partial charge in [0.2, 0.25) is 0 Å². The van der Waals surface area contributed by atoms with Crippen molar-refractivity contribution in [2.75, 3.05) is 6.61 Å². The van der Waals surface area contributed by atoms with Gasteiger partial charge in [-0.3, -0.25) is 9.59 Å². The van der Waals surface area contributed by atoms with Gasteiger partial charge in [-0.1, -0.05) is 41.5 Å². The SMILES string of the molecule is CC(C)(C)C(O)(COC(=O)CC(=O)O)C(C)(C)C. The predicted molar refractivity (Wildman–Crippen MR) is 67.1 cm³/mol. The highest BCUT2D eigenvalue weighted by Gasteiger charge is 2.50. The average Bonchev–Trinajstić information content (AvgIpc) is 2.09. The Hall–Kier alpha value is -1.10. The minimum atomic E-state index is -1.24. The number of ether oxygens (including phenoxy) is 1. The van der Waals surface area contributed by atoms with E-state index in [-0.39, 0.29) is 6.61 Å². The third-order valence-corrected chi connectivity index (χ3v) is 3.22. The van der Waals surface area contributed by atoms with Gasteiger partial charge in [-0.05, 0) is 10.8 Å². The molecule has 0 saturated heterocycles. The maximum atomic E-state index is 11.2. The highest BCUT2D eigenvalue weighted by atomic mass is 16.5. The molecule has 0 aromatic heterocycles. The molecule has 0 aliphatic carbocycles. The lowest BCUT2D eigenvalue weighted by Crippen LogP contribution is -2.56. The highest BCUT2D eigenvalue weighted by Crippen LogP contribution is 2.44. The first kappa shape index (κ1) is 16.9. The number of hydrogen-bond acceptors (Lipinski definition) is 4. The summed E-state index contributed by atoms with van der Waals surface area (Å²) in [4.78, 5) is 21.6. The summed E-state index contributed by atoms with van der Waals surface area (Å²) >= 11 is 0. The molecule has 0 aromatic rings. The molecule has 0 unspecified atom stereocenters. The second-order valence-corrected chi connectivity index (χ2v) is 6.59. The van der Waals surface area contributed by atoms with Crippen LogP contribution in [0.25, 0.3) is 0 Å². The summed E-state index contributed by atoms with van der Waals surface area (Å²) in [5.41, 5.74) is -2.25. The van der Waals surface area contributed by atoms with Crippen LogP contribution in [-0.4, -0.2) is 34.4 Å². The zero-order valence-corrected chi connectivity index (χ0v) is 12.0. The van der Waals surface area contributed by atoms with Gasteiger partial charge in [0.15, 0.2) is 0 Å². The maximum Gasteiger partial charge on any atom is 0.317 e. The van der Waals surface area contributed by atoms with Crippen LogP contribution < -0.4 is 0 Å². The summed E-state index contributed by atoms with van der Waals surface area (Å²) < 4.78 is 4.90. The first-order valence-electron chi connectivity index (χ1n) is 5.91. The summed E-state index contributed by atoms with van der Waals surface area (Å²) in [5, 5.41) is 19.2. The van der Waals surface area contributed by atoms with Gasteiger partial charge in [0.25, 0.3) is 0 Å². The van der Waals surface area contributed by atoms with E-state index in [1.54, 1.807) is 0 Å². The van der Waals surface area contributed by atoms with E-state index in [0.29, 0.717) is 0 Å². The van der Waals surface area contributed by atoms with Crippen molar-refractivity contribution in [2.45, 2.75) is 53.6 Å². The summed E-state index contributed by atoms with van der Waals surface area (Å²) in [6, 6.07) is 0. The van der Waals surface area contributed by atoms with Gasteiger partial charge < -0.3 is 14.9 Å². The van der Waals surface area contributed by atoms with Crippen molar-refractivity contribution in [1.82, 2.24) is 0 Å². The summed E-state index contributed by atoms with van der Waals surface area (Å²) in [6.45, 7) is 10.9. The molecule has 0 amide bonds. The summed E-state index contributed by atoms with van der Waals surface area (Å²) in [5.74, 6) is -2.08. The molecule has 0 spiro atoms. The van der Waals surface area contributed by atoms with Crippen LogP contribution in [-0.2, 0) is 14.3 Å². The summed E-state index contributed by atoms with van der Waals surface area (Å²) in [6.07, 6.45) is -0.690. The van der Waals surface area contributed by atoms with E-state index >= 15 is 0 Å². The minimum Gasteiger partial charge on any atom is -0.481 e. The Morgan fingerprint density at radius 2 is 1.39 bits per heavy atom. The number of rotatable bonds is 4. The lowest BCUT2D eigenvalue weighted by atomic mass is 9.63. The lowest BCUT2D eigenvalue weighted by molar-refractivity contribution is -0.186. The third-order valence-electron chi connectivity index (χ3n) is 3.22. The van der Waals surface area contributed by atoms with Crippen molar-refractivity contribution in [3.05, 3.63) is 0 Å². The first-order chi connectivity index (χ1) is 7.81. The Morgan fingerprint density at radius 3 is 1.67 bits per heavy atom. The van der Waals surface area contributed by atoms with Gasteiger partial charge in [0.1, 0.15) is 18.6 Å². The van der Waals surface area contributed by atoms with Crippen LogP contribution in [0.2, 0.25) is 0 Å². The number of hydrogen-bond donors (Lipinski definition) is 2. The van der Waals surface area contributed by atoms with Crippen molar-refractivity contribution in [3.8, 4) is 0 Å². The van der Waals surface area contributed by atoms with Gasteiger partial charge in [-0.25, -0.2) is 0 Å². The van der Waals surface area contributed by atoms with Crippen LogP contribution in [0.4, 0.5) is 0 Å². The van der Waals surface area contributed by atoms with E-state index in [9.17, 15) is 14.7 Å². The van der Waals surface area contributed by atoms with Crippen molar-refractivity contribution >= 4 is 11.9 Å². The second kappa shape index (κ2) is 5.26. The molecule has 0 bridgehead atoms. The van der Waals surface area contributed by atoms with E-state index in [4.69, 9.17) is 9.84 Å². The fourth-order valence-electron chi connectivity index (χ4n) is 1.92. The van der Waals surface area contributed by atoms with Crippen LogP contribution in [0.5, 0.6) is 0 Å². The number of aliphatic carboxylic acids is 1. The molecular formula is C13H24O5. The van der Waals surface area contributed by atoms with Crippen LogP contribution in [0.3, 0.4) is 0 Å². The monoisotopic (exact) mass is 260 g/mol. The van der Waals surface area contributed by atoms with Gasteiger partial charge in [0.05, 0.1) is 0 Å². The van der Waals surface area contributed by atoms with E-state index in [2.05, 4.69) is 0 Å². The second-order valence-electron chi connectivity index (χ2n) is 6.59. The Balaban J connectivity index is 4.86. The topological polar surface area (TPSA) is 83.8 Å². The number of carboxylic acid groups (broad SMARTS) is 1. The Labute approximate surface area is 108 Å². The van der Waals surface area contributed by atoms with Crippen LogP contribution in [0.1, 0.15) is 48.0 Å². The van der Waals surface area contributed by atoms with Crippen molar-refractivity contribution in [1.29, 1.82) is 0 Å². The smallest absolute Gasteiger partial charge is 0.317 e. The molecule has 0 aromatic carbocycles. The molecule has 0 radical (unpaired) electrons. The number of carbonyl (C=O) groups is 2. The van der Waals surface area contributed by atoms with Gasteiger partial charge >= 0.3 is 11.9 Å². The lowest BCUT2D eigenvalue weighted by Gasteiger charge is -2.48. The predicted octanol–water partition coefficient (Wildman–Crippen LogP) is 1.83. The molecule has 0 atom stereocenters. The van der Waals surface area contributed by atoms with E-state index < -0.39 is 34.8 Å². The third kappa shape index (κ3) is 3.98. The summed E-state index contributed by atoms with van der Waals surface area (Å²) in [7, 11) is 0. The van der Waals surface area contributed by atoms with E-state index in [0.717, 1.165) is 0 Å². The van der Waals surface area contributed by atoms with Crippen LogP contribution in [0, 0.1) is 10.8 Å². The fraction of sp³-hybridized carbons (Fsp3) is 0.846. The first-order valence-corrected chi connectivity index (χ1v) is 5.91. The Morgan fingerprint density at radius 1 is 1.00 bits per heavy atom. The number of aliphatic hydroxyl groups is 1. The minimum absolute atomic E-state index is 0.216.